The first-order valence-corrected chi connectivity index (χ1v) is 7.62. The molecule has 2 rings (SSSR count). The van der Waals surface area contributed by atoms with Crippen LogP contribution in [-0.4, -0.2) is 27.0 Å². The van der Waals surface area contributed by atoms with Gasteiger partial charge in [-0.05, 0) is 35.0 Å². The number of aromatic nitrogens is 2. The van der Waals surface area contributed by atoms with E-state index in [1.165, 1.54) is 18.3 Å². The Bertz CT molecular complexity index is 689. The normalized spacial score (nSPS) is 11.9. The molecule has 0 saturated heterocycles. The van der Waals surface area contributed by atoms with Gasteiger partial charge in [-0.2, -0.15) is 0 Å². The van der Waals surface area contributed by atoms with E-state index < -0.39 is 0 Å². The van der Waals surface area contributed by atoms with Crippen LogP contribution in [0, 0.1) is 6.92 Å². The number of carbonyl (C=O) groups is 1. The molecule has 0 fully saturated rings. The monoisotopic (exact) mass is 355 g/mol. The second-order valence-corrected chi connectivity index (χ2v) is 6.07. The summed E-state index contributed by atoms with van der Waals surface area (Å²) in [6.45, 7) is 3.79. The third-order valence-corrected chi connectivity index (χ3v) is 4.47. The van der Waals surface area contributed by atoms with Crippen LogP contribution in [0.2, 0.25) is 0 Å². The van der Waals surface area contributed by atoms with Crippen molar-refractivity contribution in [1.82, 2.24) is 9.55 Å². The third-order valence-electron chi connectivity index (χ3n) is 2.72. The number of ketones is 1. The molecule has 5 nitrogen and oxygen atoms in total. The quantitative estimate of drug-likeness (QED) is 0.856. The molecule has 0 aliphatic carbocycles. The first-order valence-electron chi connectivity index (χ1n) is 6.01. The van der Waals surface area contributed by atoms with Gasteiger partial charge in [0.15, 0.2) is 16.4 Å². The van der Waals surface area contributed by atoms with Crippen molar-refractivity contribution in [3.8, 4) is 0 Å². The van der Waals surface area contributed by atoms with Crippen molar-refractivity contribution in [3.05, 3.63) is 38.2 Å². The van der Waals surface area contributed by atoms with Gasteiger partial charge in [0.1, 0.15) is 0 Å². The maximum Gasteiger partial charge on any atom is 0.192 e. The highest BCUT2D eigenvalue weighted by Gasteiger charge is 2.13. The maximum atomic E-state index is 11.6. The summed E-state index contributed by atoms with van der Waals surface area (Å²) in [6, 6.07) is 3.64. The standard InChI is InChI=1S/C13H14BrN3O2S/c1-8-12(9(2)19)20-13(17(8)5-6-18)16-11-4-3-10(14)7-15-11/h3-4,7,18H,5-6H2,1-2H3/b16-13-. The number of aliphatic hydroxyl groups is 1. The molecule has 0 spiro atoms. The molecule has 0 aromatic carbocycles. The van der Waals surface area contributed by atoms with Crippen LogP contribution in [0.4, 0.5) is 5.82 Å². The SMILES string of the molecule is CC(=O)c1s/c(=N\c2ccc(Br)cn2)n(CCO)c1C. The van der Waals surface area contributed by atoms with Gasteiger partial charge in [-0.15, -0.1) is 0 Å². The summed E-state index contributed by atoms with van der Waals surface area (Å²) in [4.78, 5) is 21.6. The molecule has 0 aliphatic heterocycles. The molecular formula is C13H14BrN3O2S. The van der Waals surface area contributed by atoms with E-state index in [2.05, 4.69) is 25.9 Å². The molecule has 0 unspecified atom stereocenters. The smallest absolute Gasteiger partial charge is 0.192 e. The molecule has 2 aromatic rings. The van der Waals surface area contributed by atoms with Crippen LogP contribution in [0.1, 0.15) is 22.3 Å². The maximum absolute atomic E-state index is 11.6. The highest BCUT2D eigenvalue weighted by atomic mass is 79.9. The minimum Gasteiger partial charge on any atom is -0.395 e. The summed E-state index contributed by atoms with van der Waals surface area (Å²) in [5.74, 6) is 0.570. The summed E-state index contributed by atoms with van der Waals surface area (Å²) >= 11 is 4.64. The van der Waals surface area contributed by atoms with E-state index in [4.69, 9.17) is 5.11 Å². The van der Waals surface area contributed by atoms with Crippen LogP contribution in [0.25, 0.3) is 0 Å². The fourth-order valence-corrected chi connectivity index (χ4v) is 3.09. The summed E-state index contributed by atoms with van der Waals surface area (Å²) < 4.78 is 2.72. The van der Waals surface area contributed by atoms with Gasteiger partial charge in [0.2, 0.25) is 0 Å². The zero-order valence-corrected chi connectivity index (χ0v) is 13.5. The first-order chi connectivity index (χ1) is 9.52. The molecule has 7 heteroatoms. The number of halogens is 1. The van der Waals surface area contributed by atoms with Crippen molar-refractivity contribution in [2.24, 2.45) is 4.99 Å². The van der Waals surface area contributed by atoms with E-state index in [9.17, 15) is 4.79 Å². The highest BCUT2D eigenvalue weighted by molar-refractivity contribution is 9.10. The molecule has 0 atom stereocenters. The topological polar surface area (TPSA) is 67.5 Å². The molecule has 0 aliphatic rings. The van der Waals surface area contributed by atoms with E-state index in [1.807, 2.05) is 17.6 Å². The number of hydrogen-bond donors (Lipinski definition) is 1. The van der Waals surface area contributed by atoms with Crippen molar-refractivity contribution in [1.29, 1.82) is 0 Å². The minimum atomic E-state index is -0.00410. The van der Waals surface area contributed by atoms with Crippen LogP contribution >= 0.6 is 27.3 Å². The Morgan fingerprint density at radius 3 is 2.85 bits per heavy atom. The largest absolute Gasteiger partial charge is 0.395 e. The number of aliphatic hydroxyl groups excluding tert-OH is 1. The van der Waals surface area contributed by atoms with Crippen molar-refractivity contribution in [2.45, 2.75) is 20.4 Å². The van der Waals surface area contributed by atoms with E-state index in [-0.39, 0.29) is 12.4 Å². The predicted molar refractivity (Wildman–Crippen MR) is 81.3 cm³/mol. The van der Waals surface area contributed by atoms with Gasteiger partial charge < -0.3 is 9.67 Å². The molecule has 2 aromatic heterocycles. The number of carbonyl (C=O) groups excluding carboxylic acids is 1. The van der Waals surface area contributed by atoms with Crippen molar-refractivity contribution >= 4 is 38.9 Å². The van der Waals surface area contributed by atoms with Crippen LogP contribution in [0.5, 0.6) is 0 Å². The number of pyridine rings is 1. The number of Topliss-reactive ketones (excluding diaryl/α,β-unsaturated/α-hetero) is 1. The molecule has 2 heterocycles. The lowest BCUT2D eigenvalue weighted by atomic mass is 10.3. The van der Waals surface area contributed by atoms with Gasteiger partial charge in [-0.3, -0.25) is 4.79 Å². The number of hydrogen-bond acceptors (Lipinski definition) is 5. The summed E-state index contributed by atoms with van der Waals surface area (Å²) in [5.41, 5.74) is 0.826. The van der Waals surface area contributed by atoms with E-state index >= 15 is 0 Å². The second kappa shape index (κ2) is 6.43. The van der Waals surface area contributed by atoms with Gasteiger partial charge in [0, 0.05) is 29.8 Å². The number of thiazole rings is 1. The van der Waals surface area contributed by atoms with Crippen molar-refractivity contribution < 1.29 is 9.90 Å². The van der Waals surface area contributed by atoms with E-state index in [1.54, 1.807) is 12.3 Å². The van der Waals surface area contributed by atoms with Gasteiger partial charge in [-0.1, -0.05) is 11.3 Å². The van der Waals surface area contributed by atoms with Crippen molar-refractivity contribution in [2.75, 3.05) is 6.61 Å². The molecule has 0 saturated carbocycles. The molecule has 0 radical (unpaired) electrons. The average Bonchev–Trinajstić information content (AvgIpc) is 2.71. The fraction of sp³-hybridized carbons (Fsp3) is 0.308. The summed E-state index contributed by atoms with van der Waals surface area (Å²) in [7, 11) is 0. The number of rotatable bonds is 4. The Kier molecular flexibility index (Phi) is 4.85. The third kappa shape index (κ3) is 3.23. The highest BCUT2D eigenvalue weighted by Crippen LogP contribution is 2.15. The lowest BCUT2D eigenvalue weighted by molar-refractivity contribution is 0.102. The van der Waals surface area contributed by atoms with Gasteiger partial charge >= 0.3 is 0 Å². The van der Waals surface area contributed by atoms with Crippen LogP contribution in [-0.2, 0) is 6.54 Å². The predicted octanol–water partition coefficient (Wildman–Crippen LogP) is 2.44. The van der Waals surface area contributed by atoms with Crippen molar-refractivity contribution in [3.63, 3.8) is 0 Å². The zero-order valence-electron chi connectivity index (χ0n) is 11.1. The van der Waals surface area contributed by atoms with Gasteiger partial charge in [0.25, 0.3) is 0 Å². The van der Waals surface area contributed by atoms with E-state index in [0.717, 1.165) is 10.2 Å². The molecule has 0 bridgehead atoms. The fourth-order valence-electron chi connectivity index (χ4n) is 1.79. The molecule has 1 N–H and O–H groups in total. The Morgan fingerprint density at radius 1 is 1.55 bits per heavy atom. The van der Waals surface area contributed by atoms with Gasteiger partial charge in [-0.25, -0.2) is 9.98 Å². The van der Waals surface area contributed by atoms with Gasteiger partial charge in [0.05, 0.1) is 11.5 Å². The average molecular weight is 356 g/mol. The Labute approximate surface area is 128 Å². The summed E-state index contributed by atoms with van der Waals surface area (Å²) in [5, 5.41) is 9.15. The zero-order chi connectivity index (χ0) is 14.7. The lowest BCUT2D eigenvalue weighted by Crippen LogP contribution is -2.18. The van der Waals surface area contributed by atoms with E-state index in [0.29, 0.717) is 22.0 Å². The second-order valence-electron chi connectivity index (χ2n) is 4.18. The first kappa shape index (κ1) is 15.1. The molecule has 0 amide bonds. The minimum absolute atomic E-state index is 0.00408. The Balaban J connectivity index is 2.57. The molecule has 106 valence electrons. The molecular weight excluding hydrogens is 342 g/mol. The number of nitrogens with zero attached hydrogens (tertiary/aromatic N) is 3. The Hall–Kier alpha value is -1.31. The van der Waals surface area contributed by atoms with Crippen LogP contribution in [0.3, 0.4) is 0 Å². The Morgan fingerprint density at radius 2 is 2.30 bits per heavy atom. The summed E-state index contributed by atoms with van der Waals surface area (Å²) in [6.07, 6.45) is 1.67. The lowest BCUT2D eigenvalue weighted by Gasteiger charge is -2.03. The van der Waals surface area contributed by atoms with Crippen LogP contribution in [0.15, 0.2) is 27.8 Å². The van der Waals surface area contributed by atoms with Crippen LogP contribution < -0.4 is 4.80 Å². The molecule has 20 heavy (non-hydrogen) atoms.